The van der Waals surface area contributed by atoms with Crippen LogP contribution in [0.4, 0.5) is 0 Å². The molecule has 0 bridgehead atoms. The molecule has 0 aliphatic rings. The van der Waals surface area contributed by atoms with Crippen LogP contribution in [-0.4, -0.2) is 11.1 Å². The molecule has 21 heavy (non-hydrogen) atoms. The second-order valence-electron chi connectivity index (χ2n) is 4.32. The molecular weight excluding hydrogens is 383 g/mol. The van der Waals surface area contributed by atoms with Crippen LogP contribution in [0, 0.1) is 3.70 Å². The first-order chi connectivity index (χ1) is 10.2. The highest BCUT2D eigenvalue weighted by atomic mass is 127. The van der Waals surface area contributed by atoms with E-state index >= 15 is 0 Å². The zero-order valence-corrected chi connectivity index (χ0v) is 12.9. The van der Waals surface area contributed by atoms with Crippen LogP contribution in [0.2, 0.25) is 0 Å². The number of carbonyl (C=O) groups is 1. The average molecular weight is 393 g/mol. The molecule has 6 heteroatoms. The Morgan fingerprint density at radius 3 is 2.38 bits per heavy atom. The van der Waals surface area contributed by atoms with Crippen molar-refractivity contribution in [3.63, 3.8) is 0 Å². The van der Waals surface area contributed by atoms with Crippen LogP contribution in [0.3, 0.4) is 0 Å². The highest BCUT2D eigenvalue weighted by molar-refractivity contribution is 14.1. The van der Waals surface area contributed by atoms with E-state index in [0.717, 1.165) is 0 Å². The largest absolute Gasteiger partial charge is 0.441 e. The van der Waals surface area contributed by atoms with Gasteiger partial charge in [-0.1, -0.05) is 42.5 Å². The summed E-state index contributed by atoms with van der Waals surface area (Å²) in [5.41, 5.74) is 1.18. The molecule has 0 amide bonds. The van der Waals surface area contributed by atoms with Crippen LogP contribution < -0.4 is 10.3 Å². The van der Waals surface area contributed by atoms with Gasteiger partial charge in [0.15, 0.2) is 5.78 Å². The number of para-hydroxylation sites is 1. The summed E-state index contributed by atoms with van der Waals surface area (Å²) in [6, 6.07) is 16.0. The highest BCUT2D eigenvalue weighted by Crippen LogP contribution is 2.14. The number of ketones is 1. The standard InChI is InChI=1S/C15H9IN2O3/c16-14-15(20)21-17-18(14)12-9-5-4-8-11(12)13(19)10-6-2-1-3-7-10/h1-9H/p+1. The number of halogens is 1. The molecule has 0 fully saturated rings. The summed E-state index contributed by atoms with van der Waals surface area (Å²) in [4.78, 5) is 24.1. The van der Waals surface area contributed by atoms with Gasteiger partial charge in [-0.3, -0.25) is 9.32 Å². The van der Waals surface area contributed by atoms with Gasteiger partial charge < -0.3 is 0 Å². The number of H-pyrrole nitrogens is 1. The third kappa shape index (κ3) is 2.54. The summed E-state index contributed by atoms with van der Waals surface area (Å²) in [5.74, 6) is -0.114. The molecule has 3 rings (SSSR count). The smallest absolute Gasteiger partial charge is 0.288 e. The number of hydrogen-bond acceptors (Lipinski definition) is 3. The normalized spacial score (nSPS) is 10.5. The summed E-state index contributed by atoms with van der Waals surface area (Å²) in [6.07, 6.45) is 0. The number of rotatable bonds is 3. The molecule has 0 radical (unpaired) electrons. The Labute approximate surface area is 133 Å². The van der Waals surface area contributed by atoms with Gasteiger partial charge in [0.2, 0.25) is 0 Å². The van der Waals surface area contributed by atoms with Gasteiger partial charge >= 0.3 is 9.33 Å². The molecule has 0 aliphatic heterocycles. The van der Waals surface area contributed by atoms with Crippen molar-refractivity contribution in [3.05, 3.63) is 79.8 Å². The van der Waals surface area contributed by atoms with E-state index in [4.69, 9.17) is 4.52 Å². The zero-order chi connectivity index (χ0) is 14.8. The lowest BCUT2D eigenvalue weighted by molar-refractivity contribution is -0.682. The van der Waals surface area contributed by atoms with Gasteiger partial charge in [-0.15, -0.1) is 0 Å². The average Bonchev–Trinajstić information content (AvgIpc) is 2.87. The number of benzene rings is 2. The Kier molecular flexibility index (Phi) is 3.70. The zero-order valence-electron chi connectivity index (χ0n) is 10.7. The van der Waals surface area contributed by atoms with Gasteiger partial charge in [0.1, 0.15) is 0 Å². The van der Waals surface area contributed by atoms with E-state index in [1.165, 1.54) is 4.68 Å². The summed E-state index contributed by atoms with van der Waals surface area (Å²) in [6.45, 7) is 0. The Morgan fingerprint density at radius 2 is 1.71 bits per heavy atom. The number of aromatic nitrogens is 2. The number of hydrogen-bond donors (Lipinski definition) is 1. The number of carbonyl (C=O) groups excluding carboxylic acids is 1. The van der Waals surface area contributed by atoms with Crippen molar-refractivity contribution in [2.45, 2.75) is 0 Å². The quantitative estimate of drug-likeness (QED) is 0.421. The molecule has 0 unspecified atom stereocenters. The van der Waals surface area contributed by atoms with Crippen molar-refractivity contribution in [3.8, 4) is 5.69 Å². The molecule has 0 atom stereocenters. The third-order valence-electron chi connectivity index (χ3n) is 3.02. The molecule has 0 saturated heterocycles. The monoisotopic (exact) mass is 393 g/mol. The van der Waals surface area contributed by atoms with Gasteiger partial charge in [0.05, 0.1) is 5.56 Å². The van der Waals surface area contributed by atoms with Crippen molar-refractivity contribution < 1.29 is 14.0 Å². The summed E-state index contributed by atoms with van der Waals surface area (Å²) in [5, 5.41) is 2.51. The van der Waals surface area contributed by atoms with Crippen molar-refractivity contribution in [1.82, 2.24) is 5.27 Å². The minimum Gasteiger partial charge on any atom is -0.288 e. The summed E-state index contributed by atoms with van der Waals surface area (Å²) in [7, 11) is 0. The molecule has 0 spiro atoms. The van der Waals surface area contributed by atoms with Gasteiger partial charge in [-0.25, -0.2) is 4.79 Å². The number of aromatic amines is 1. The van der Waals surface area contributed by atoms with Crippen molar-refractivity contribution in [2.75, 3.05) is 0 Å². The lowest BCUT2D eigenvalue weighted by Gasteiger charge is -2.02. The van der Waals surface area contributed by atoms with Crippen LogP contribution >= 0.6 is 22.6 Å². The van der Waals surface area contributed by atoms with Crippen LogP contribution in [0.5, 0.6) is 0 Å². The molecule has 5 nitrogen and oxygen atoms in total. The molecule has 3 aromatic rings. The maximum absolute atomic E-state index is 12.6. The van der Waals surface area contributed by atoms with Crippen LogP contribution in [-0.2, 0) is 0 Å². The summed E-state index contributed by atoms with van der Waals surface area (Å²) < 4.78 is 6.56. The fraction of sp³-hybridized carbons (Fsp3) is 0. The molecule has 1 N–H and O–H groups in total. The Morgan fingerprint density at radius 1 is 1.05 bits per heavy atom. The van der Waals surface area contributed by atoms with Crippen molar-refractivity contribution in [1.29, 1.82) is 0 Å². The predicted molar refractivity (Wildman–Crippen MR) is 83.5 cm³/mol. The summed E-state index contributed by atoms with van der Waals surface area (Å²) >= 11 is 1.87. The van der Waals surface area contributed by atoms with Gasteiger partial charge in [0.25, 0.3) is 5.69 Å². The fourth-order valence-corrected chi connectivity index (χ4v) is 2.49. The first-order valence-corrected chi connectivity index (χ1v) is 7.24. The Hall–Kier alpha value is -2.22. The van der Waals surface area contributed by atoms with Gasteiger partial charge in [0, 0.05) is 34.2 Å². The van der Waals surface area contributed by atoms with E-state index in [1.807, 2.05) is 40.8 Å². The second kappa shape index (κ2) is 5.65. The number of nitrogens with zero attached hydrogens (tertiary/aromatic N) is 1. The lowest BCUT2D eigenvalue weighted by atomic mass is 10.0. The molecule has 0 saturated carbocycles. The minimum atomic E-state index is -0.474. The lowest BCUT2D eigenvalue weighted by Crippen LogP contribution is -2.39. The van der Waals surface area contributed by atoms with E-state index in [9.17, 15) is 9.59 Å². The molecule has 2 aromatic carbocycles. The van der Waals surface area contributed by atoms with E-state index in [0.29, 0.717) is 20.5 Å². The molecule has 1 aromatic heterocycles. The SMILES string of the molecule is O=C(c1ccccc1)c1ccccc1-[n+]1[nH]oc(=O)c1I. The predicted octanol–water partition coefficient (Wildman–Crippen LogP) is 2.08. The Balaban J connectivity index is 2.15. The maximum atomic E-state index is 12.6. The minimum absolute atomic E-state index is 0.114. The van der Waals surface area contributed by atoms with E-state index in [-0.39, 0.29) is 5.78 Å². The first-order valence-electron chi connectivity index (χ1n) is 6.16. The van der Waals surface area contributed by atoms with Gasteiger partial charge in [-0.05, 0) is 16.0 Å². The van der Waals surface area contributed by atoms with Crippen LogP contribution in [0.1, 0.15) is 15.9 Å². The van der Waals surface area contributed by atoms with E-state index in [1.54, 1.807) is 36.4 Å². The first kappa shape index (κ1) is 13.7. The third-order valence-corrected chi connectivity index (χ3v) is 3.94. The molecule has 104 valence electrons. The maximum Gasteiger partial charge on any atom is 0.441 e. The molecular formula is C15H10IN2O3+. The van der Waals surface area contributed by atoms with Crippen molar-refractivity contribution in [2.24, 2.45) is 0 Å². The molecule has 1 heterocycles. The highest BCUT2D eigenvalue weighted by Gasteiger charge is 2.26. The van der Waals surface area contributed by atoms with Crippen molar-refractivity contribution >= 4 is 28.4 Å². The topological polar surface area (TPSA) is 66.9 Å². The second-order valence-corrected chi connectivity index (χ2v) is 5.34. The van der Waals surface area contributed by atoms with Gasteiger partial charge in [-0.2, -0.15) is 0 Å². The van der Waals surface area contributed by atoms with Crippen LogP contribution in [0.25, 0.3) is 5.69 Å². The Bertz CT molecular complexity index is 853. The fourth-order valence-electron chi connectivity index (χ4n) is 2.02. The number of nitrogens with one attached hydrogen (secondary N) is 1. The molecule has 0 aliphatic carbocycles. The van der Waals surface area contributed by atoms with E-state index in [2.05, 4.69) is 5.27 Å². The van der Waals surface area contributed by atoms with E-state index < -0.39 is 5.63 Å². The van der Waals surface area contributed by atoms with Crippen LogP contribution in [0.15, 0.2) is 63.9 Å².